The van der Waals surface area contributed by atoms with Gasteiger partial charge in [-0.15, -0.1) is 0 Å². The molecular weight excluding hydrogens is 339 g/mol. The van der Waals surface area contributed by atoms with E-state index < -0.39 is 6.04 Å². The Labute approximate surface area is 151 Å². The summed E-state index contributed by atoms with van der Waals surface area (Å²) in [5, 5.41) is 5.28. The van der Waals surface area contributed by atoms with Gasteiger partial charge in [-0.2, -0.15) is 0 Å². The standard InChI is InChI=1S/C19H21FN2O4/c1-13(23)22-18(12-25-2)19(24)21-11-14-3-7-16(8-4-14)26-17-9-5-15(20)6-10-17/h3-10,18H,11-12H2,1-2H3,(H,21,24)(H,22,23)/t18-/m1/s1. The van der Waals surface area contributed by atoms with E-state index >= 15 is 0 Å². The number of carbonyl (C=O) groups is 2. The number of nitrogens with one attached hydrogen (secondary N) is 2. The molecule has 2 aromatic rings. The highest BCUT2D eigenvalue weighted by molar-refractivity contribution is 5.86. The summed E-state index contributed by atoms with van der Waals surface area (Å²) in [7, 11) is 1.46. The Kier molecular flexibility index (Phi) is 7.11. The first-order valence-electron chi connectivity index (χ1n) is 8.04. The van der Waals surface area contributed by atoms with Crippen LogP contribution in [0.1, 0.15) is 12.5 Å². The van der Waals surface area contributed by atoms with Crippen LogP contribution in [0.5, 0.6) is 11.5 Å². The van der Waals surface area contributed by atoms with E-state index in [1.807, 2.05) is 12.1 Å². The molecule has 0 saturated carbocycles. The number of hydrogen-bond donors (Lipinski definition) is 2. The number of rotatable bonds is 8. The summed E-state index contributed by atoms with van der Waals surface area (Å²) in [6.07, 6.45) is 0. The average molecular weight is 360 g/mol. The Morgan fingerprint density at radius 3 is 2.15 bits per heavy atom. The molecule has 2 amide bonds. The number of carbonyl (C=O) groups excluding carboxylic acids is 2. The summed E-state index contributed by atoms with van der Waals surface area (Å²) in [6, 6.07) is 12.1. The van der Waals surface area contributed by atoms with E-state index in [4.69, 9.17) is 9.47 Å². The second-order valence-corrected chi connectivity index (χ2v) is 5.63. The number of halogens is 1. The van der Waals surface area contributed by atoms with Gasteiger partial charge in [-0.3, -0.25) is 9.59 Å². The van der Waals surface area contributed by atoms with E-state index in [2.05, 4.69) is 10.6 Å². The Balaban J connectivity index is 1.88. The molecule has 0 fully saturated rings. The summed E-state index contributed by atoms with van der Waals surface area (Å²) < 4.78 is 23.4. The first kappa shape index (κ1) is 19.4. The fourth-order valence-corrected chi connectivity index (χ4v) is 2.22. The van der Waals surface area contributed by atoms with Crippen LogP contribution in [0.3, 0.4) is 0 Å². The number of methoxy groups -OCH3 is 1. The van der Waals surface area contributed by atoms with E-state index in [1.165, 1.54) is 26.2 Å². The smallest absolute Gasteiger partial charge is 0.245 e. The molecular formula is C19H21FN2O4. The van der Waals surface area contributed by atoms with Crippen molar-refractivity contribution in [2.75, 3.05) is 13.7 Å². The zero-order valence-electron chi connectivity index (χ0n) is 14.6. The largest absolute Gasteiger partial charge is 0.457 e. The van der Waals surface area contributed by atoms with Crippen molar-refractivity contribution in [1.29, 1.82) is 0 Å². The first-order chi connectivity index (χ1) is 12.5. The third-order valence-corrected chi connectivity index (χ3v) is 3.47. The average Bonchev–Trinajstić information content (AvgIpc) is 2.62. The summed E-state index contributed by atoms with van der Waals surface area (Å²) in [4.78, 5) is 23.2. The van der Waals surface area contributed by atoms with Crippen molar-refractivity contribution in [3.05, 3.63) is 59.9 Å². The Morgan fingerprint density at radius 1 is 1.04 bits per heavy atom. The SMILES string of the molecule is COC[C@@H](NC(C)=O)C(=O)NCc1ccc(Oc2ccc(F)cc2)cc1. The third-order valence-electron chi connectivity index (χ3n) is 3.47. The van der Waals surface area contributed by atoms with Gasteiger partial charge in [0, 0.05) is 20.6 Å². The highest BCUT2D eigenvalue weighted by Crippen LogP contribution is 2.21. The van der Waals surface area contributed by atoms with Crippen molar-refractivity contribution < 1.29 is 23.5 Å². The second-order valence-electron chi connectivity index (χ2n) is 5.63. The van der Waals surface area contributed by atoms with Crippen LogP contribution in [-0.2, 0) is 20.9 Å². The molecule has 0 unspecified atom stereocenters. The van der Waals surface area contributed by atoms with E-state index in [1.54, 1.807) is 24.3 Å². The van der Waals surface area contributed by atoms with Crippen molar-refractivity contribution in [3.63, 3.8) is 0 Å². The monoisotopic (exact) mass is 360 g/mol. The van der Waals surface area contributed by atoms with Crippen LogP contribution in [0.15, 0.2) is 48.5 Å². The molecule has 26 heavy (non-hydrogen) atoms. The number of hydrogen-bond acceptors (Lipinski definition) is 4. The van der Waals surface area contributed by atoms with Crippen molar-refractivity contribution in [3.8, 4) is 11.5 Å². The molecule has 2 rings (SSSR count). The number of benzene rings is 2. The molecule has 138 valence electrons. The van der Waals surface area contributed by atoms with Crippen LogP contribution < -0.4 is 15.4 Å². The van der Waals surface area contributed by atoms with Crippen LogP contribution in [0.4, 0.5) is 4.39 Å². The minimum absolute atomic E-state index is 0.0931. The van der Waals surface area contributed by atoms with Crippen LogP contribution in [0.25, 0.3) is 0 Å². The predicted molar refractivity (Wildman–Crippen MR) is 94.2 cm³/mol. The van der Waals surface area contributed by atoms with E-state index in [9.17, 15) is 14.0 Å². The molecule has 0 spiro atoms. The summed E-state index contributed by atoms with van der Waals surface area (Å²) >= 11 is 0. The molecule has 0 radical (unpaired) electrons. The maximum Gasteiger partial charge on any atom is 0.245 e. The highest BCUT2D eigenvalue weighted by atomic mass is 19.1. The fourth-order valence-electron chi connectivity index (χ4n) is 2.22. The third kappa shape index (κ3) is 6.18. The van der Waals surface area contributed by atoms with Gasteiger partial charge in [0.1, 0.15) is 23.4 Å². The van der Waals surface area contributed by atoms with E-state index in [-0.39, 0.29) is 24.2 Å². The summed E-state index contributed by atoms with van der Waals surface area (Å²) in [5.74, 6) is 0.181. The minimum atomic E-state index is -0.737. The Bertz CT molecular complexity index is 732. The maximum atomic E-state index is 12.9. The number of ether oxygens (including phenoxy) is 2. The lowest BCUT2D eigenvalue weighted by molar-refractivity contribution is -0.129. The molecule has 0 bridgehead atoms. The zero-order chi connectivity index (χ0) is 18.9. The van der Waals surface area contributed by atoms with Crippen molar-refractivity contribution in [2.45, 2.75) is 19.5 Å². The lowest BCUT2D eigenvalue weighted by Crippen LogP contribution is -2.48. The summed E-state index contributed by atoms with van der Waals surface area (Å²) in [5.41, 5.74) is 0.865. The van der Waals surface area contributed by atoms with Gasteiger partial charge in [0.2, 0.25) is 11.8 Å². The molecule has 0 saturated heterocycles. The fraction of sp³-hybridized carbons (Fsp3) is 0.263. The highest BCUT2D eigenvalue weighted by Gasteiger charge is 2.18. The van der Waals surface area contributed by atoms with Gasteiger partial charge in [0.25, 0.3) is 0 Å². The van der Waals surface area contributed by atoms with Crippen molar-refractivity contribution in [1.82, 2.24) is 10.6 Å². The Hall–Kier alpha value is -2.93. The second kappa shape index (κ2) is 9.53. The Morgan fingerprint density at radius 2 is 1.62 bits per heavy atom. The predicted octanol–water partition coefficient (Wildman–Crippen LogP) is 2.39. The van der Waals surface area contributed by atoms with Crippen LogP contribution in [-0.4, -0.2) is 31.6 Å². The molecule has 0 aliphatic carbocycles. The molecule has 0 aliphatic heterocycles. The van der Waals surface area contributed by atoms with Crippen molar-refractivity contribution in [2.24, 2.45) is 0 Å². The molecule has 2 N–H and O–H groups in total. The van der Waals surface area contributed by atoms with E-state index in [0.29, 0.717) is 18.0 Å². The molecule has 0 aliphatic rings. The van der Waals surface area contributed by atoms with Gasteiger partial charge in [-0.1, -0.05) is 12.1 Å². The molecule has 6 nitrogen and oxygen atoms in total. The normalized spacial score (nSPS) is 11.5. The number of amides is 2. The van der Waals surface area contributed by atoms with Gasteiger partial charge < -0.3 is 20.1 Å². The van der Waals surface area contributed by atoms with Crippen molar-refractivity contribution >= 4 is 11.8 Å². The lowest BCUT2D eigenvalue weighted by atomic mass is 10.2. The van der Waals surface area contributed by atoms with Crippen LogP contribution in [0, 0.1) is 5.82 Å². The minimum Gasteiger partial charge on any atom is -0.457 e. The summed E-state index contributed by atoms with van der Waals surface area (Å²) in [6.45, 7) is 1.74. The molecule has 2 aromatic carbocycles. The topological polar surface area (TPSA) is 76.7 Å². The van der Waals surface area contributed by atoms with Gasteiger partial charge in [-0.25, -0.2) is 4.39 Å². The molecule has 1 atom stereocenters. The quantitative estimate of drug-likeness (QED) is 0.758. The molecule has 0 heterocycles. The first-order valence-corrected chi connectivity index (χ1v) is 8.04. The van der Waals surface area contributed by atoms with Crippen LogP contribution >= 0.6 is 0 Å². The van der Waals surface area contributed by atoms with Gasteiger partial charge in [0.15, 0.2) is 0 Å². The maximum absolute atomic E-state index is 12.9. The van der Waals surface area contributed by atoms with Crippen LogP contribution in [0.2, 0.25) is 0 Å². The van der Waals surface area contributed by atoms with Gasteiger partial charge in [0.05, 0.1) is 6.61 Å². The van der Waals surface area contributed by atoms with Gasteiger partial charge >= 0.3 is 0 Å². The van der Waals surface area contributed by atoms with Gasteiger partial charge in [-0.05, 0) is 42.0 Å². The molecule has 7 heteroatoms. The zero-order valence-corrected chi connectivity index (χ0v) is 14.6. The molecule has 0 aromatic heterocycles. The van der Waals surface area contributed by atoms with E-state index in [0.717, 1.165) is 5.56 Å². The lowest BCUT2D eigenvalue weighted by Gasteiger charge is -2.16.